The summed E-state index contributed by atoms with van der Waals surface area (Å²) in [6, 6.07) is 23.0. The molecule has 0 aliphatic carbocycles. The van der Waals surface area contributed by atoms with Gasteiger partial charge in [0, 0.05) is 16.7 Å². The van der Waals surface area contributed by atoms with Crippen LogP contribution in [-0.2, 0) is 9.84 Å². The van der Waals surface area contributed by atoms with Crippen LogP contribution in [0.5, 0.6) is 0 Å². The van der Waals surface area contributed by atoms with Crippen LogP contribution < -0.4 is 0 Å². The molecule has 1 aromatic heterocycles. The Labute approximate surface area is 177 Å². The number of rotatable bonds is 5. The molecular formula is C22H16FNO2S3. The van der Waals surface area contributed by atoms with Crippen molar-refractivity contribution in [1.29, 1.82) is 0 Å². The molecule has 0 spiro atoms. The number of benzene rings is 3. The lowest BCUT2D eigenvalue weighted by atomic mass is 10.1. The number of hydrogen-bond donors (Lipinski definition) is 0. The normalized spacial score (nSPS) is 11.5. The molecule has 0 N–H and O–H groups in total. The van der Waals surface area contributed by atoms with Crippen LogP contribution in [0.4, 0.5) is 4.39 Å². The smallest absolute Gasteiger partial charge is 0.175 e. The predicted octanol–water partition coefficient (Wildman–Crippen LogP) is 6.17. The predicted molar refractivity (Wildman–Crippen MR) is 117 cm³/mol. The fraction of sp³-hybridized carbons (Fsp3) is 0.0455. The number of aromatic nitrogens is 1. The maximum Gasteiger partial charge on any atom is 0.175 e. The number of sulfone groups is 1. The monoisotopic (exact) mass is 441 g/mol. The SMILES string of the molecule is CS(=O)(=O)c1ccc(-c2sc(Sc3ccccc3)nc2-c2ccc(F)cc2)cc1. The zero-order valence-electron chi connectivity index (χ0n) is 15.4. The van der Waals surface area contributed by atoms with Gasteiger partial charge in [0.25, 0.3) is 0 Å². The van der Waals surface area contributed by atoms with E-state index in [1.807, 2.05) is 30.3 Å². The lowest BCUT2D eigenvalue weighted by Crippen LogP contribution is -1.96. The van der Waals surface area contributed by atoms with Crippen molar-refractivity contribution in [2.75, 3.05) is 6.26 Å². The average molecular weight is 442 g/mol. The highest BCUT2D eigenvalue weighted by Crippen LogP contribution is 2.42. The molecular weight excluding hydrogens is 425 g/mol. The molecule has 7 heteroatoms. The Kier molecular flexibility index (Phi) is 5.54. The third-order valence-corrected chi connectivity index (χ3v) is 7.52. The van der Waals surface area contributed by atoms with E-state index in [0.717, 1.165) is 30.9 Å². The summed E-state index contributed by atoms with van der Waals surface area (Å²) in [7, 11) is -3.26. The van der Waals surface area contributed by atoms with Crippen molar-refractivity contribution in [2.24, 2.45) is 0 Å². The van der Waals surface area contributed by atoms with Gasteiger partial charge in [0.15, 0.2) is 14.2 Å². The van der Waals surface area contributed by atoms with Gasteiger partial charge in [-0.15, -0.1) is 11.3 Å². The van der Waals surface area contributed by atoms with E-state index in [1.54, 1.807) is 48.2 Å². The van der Waals surface area contributed by atoms with Crippen molar-refractivity contribution in [1.82, 2.24) is 4.98 Å². The molecule has 0 amide bonds. The first kappa shape index (κ1) is 19.8. The molecule has 29 heavy (non-hydrogen) atoms. The second kappa shape index (κ2) is 8.10. The second-order valence-corrected chi connectivity index (χ2v) is 10.7. The highest BCUT2D eigenvalue weighted by atomic mass is 32.2. The van der Waals surface area contributed by atoms with E-state index in [2.05, 4.69) is 0 Å². The van der Waals surface area contributed by atoms with E-state index in [1.165, 1.54) is 29.7 Å². The van der Waals surface area contributed by atoms with Crippen LogP contribution in [0.25, 0.3) is 21.7 Å². The van der Waals surface area contributed by atoms with Gasteiger partial charge in [0.05, 0.1) is 15.5 Å². The highest BCUT2D eigenvalue weighted by Gasteiger charge is 2.17. The van der Waals surface area contributed by atoms with Gasteiger partial charge in [-0.05, 0) is 54.1 Å². The quantitative estimate of drug-likeness (QED) is 0.371. The molecule has 1 heterocycles. The van der Waals surface area contributed by atoms with E-state index >= 15 is 0 Å². The first-order chi connectivity index (χ1) is 13.9. The molecule has 0 saturated heterocycles. The van der Waals surface area contributed by atoms with Gasteiger partial charge in [0.1, 0.15) is 5.82 Å². The minimum atomic E-state index is -3.26. The molecule has 3 aromatic carbocycles. The summed E-state index contributed by atoms with van der Waals surface area (Å²) in [5.74, 6) is -0.304. The first-order valence-electron chi connectivity index (χ1n) is 8.70. The van der Waals surface area contributed by atoms with Crippen molar-refractivity contribution in [3.05, 3.63) is 84.7 Å². The fourth-order valence-electron chi connectivity index (χ4n) is 2.79. The van der Waals surface area contributed by atoms with Crippen molar-refractivity contribution in [3.8, 4) is 21.7 Å². The number of nitrogens with zero attached hydrogens (tertiary/aromatic N) is 1. The lowest BCUT2D eigenvalue weighted by molar-refractivity contribution is 0.602. The van der Waals surface area contributed by atoms with E-state index < -0.39 is 9.84 Å². The van der Waals surface area contributed by atoms with E-state index in [0.29, 0.717) is 0 Å². The molecule has 0 fully saturated rings. The third-order valence-electron chi connectivity index (χ3n) is 4.22. The molecule has 0 bridgehead atoms. The van der Waals surface area contributed by atoms with Crippen LogP contribution in [-0.4, -0.2) is 19.7 Å². The minimum Gasteiger partial charge on any atom is -0.229 e. The summed E-state index contributed by atoms with van der Waals surface area (Å²) < 4.78 is 37.8. The Morgan fingerprint density at radius 1 is 0.862 bits per heavy atom. The van der Waals surface area contributed by atoms with Gasteiger partial charge in [-0.2, -0.15) is 0 Å². The van der Waals surface area contributed by atoms with Crippen molar-refractivity contribution >= 4 is 32.9 Å². The average Bonchev–Trinajstić information content (AvgIpc) is 3.12. The molecule has 4 aromatic rings. The van der Waals surface area contributed by atoms with E-state index in [-0.39, 0.29) is 10.7 Å². The highest BCUT2D eigenvalue weighted by molar-refractivity contribution is 8.01. The molecule has 0 unspecified atom stereocenters. The summed E-state index contributed by atoms with van der Waals surface area (Å²) >= 11 is 3.09. The van der Waals surface area contributed by atoms with Crippen LogP contribution in [0.1, 0.15) is 0 Å². The Morgan fingerprint density at radius 3 is 2.10 bits per heavy atom. The van der Waals surface area contributed by atoms with Crippen LogP contribution in [0.3, 0.4) is 0 Å². The third kappa shape index (κ3) is 4.58. The topological polar surface area (TPSA) is 47.0 Å². The van der Waals surface area contributed by atoms with Gasteiger partial charge in [-0.25, -0.2) is 17.8 Å². The maximum atomic E-state index is 13.4. The summed E-state index contributed by atoms with van der Waals surface area (Å²) in [6.07, 6.45) is 1.19. The number of thiazole rings is 1. The molecule has 0 aliphatic heterocycles. The summed E-state index contributed by atoms with van der Waals surface area (Å²) in [6.45, 7) is 0. The molecule has 0 saturated carbocycles. The molecule has 0 radical (unpaired) electrons. The Hall–Kier alpha value is -2.48. The summed E-state index contributed by atoms with van der Waals surface area (Å²) in [5.41, 5.74) is 2.43. The molecule has 0 atom stereocenters. The van der Waals surface area contributed by atoms with Crippen LogP contribution in [0.2, 0.25) is 0 Å². The van der Waals surface area contributed by atoms with Crippen molar-refractivity contribution < 1.29 is 12.8 Å². The van der Waals surface area contributed by atoms with E-state index in [9.17, 15) is 12.8 Å². The molecule has 0 aliphatic rings. The number of halogens is 1. The summed E-state index contributed by atoms with van der Waals surface area (Å²) in [5, 5.41) is 0. The van der Waals surface area contributed by atoms with Gasteiger partial charge in [-0.1, -0.05) is 42.1 Å². The Bertz CT molecular complexity index is 1230. The van der Waals surface area contributed by atoms with Crippen molar-refractivity contribution in [2.45, 2.75) is 14.1 Å². The van der Waals surface area contributed by atoms with Crippen LogP contribution >= 0.6 is 23.1 Å². The fourth-order valence-corrected chi connectivity index (χ4v) is 5.58. The zero-order valence-corrected chi connectivity index (χ0v) is 17.8. The first-order valence-corrected chi connectivity index (χ1v) is 12.2. The van der Waals surface area contributed by atoms with Gasteiger partial charge in [-0.3, -0.25) is 0 Å². The standard InChI is InChI=1S/C22H16FNO2S3/c1-29(25,26)19-13-9-16(10-14-19)21-20(15-7-11-17(23)12-8-15)24-22(28-21)27-18-5-3-2-4-6-18/h2-14H,1H3. The largest absolute Gasteiger partial charge is 0.229 e. The van der Waals surface area contributed by atoms with Gasteiger partial charge >= 0.3 is 0 Å². The Balaban J connectivity index is 1.79. The van der Waals surface area contributed by atoms with Crippen LogP contribution in [0, 0.1) is 5.82 Å². The minimum absolute atomic E-state index is 0.271. The van der Waals surface area contributed by atoms with Crippen LogP contribution in [0.15, 0.2) is 93.0 Å². The second-order valence-electron chi connectivity index (χ2n) is 6.38. The van der Waals surface area contributed by atoms with E-state index in [4.69, 9.17) is 4.98 Å². The van der Waals surface area contributed by atoms with Gasteiger partial charge in [0.2, 0.25) is 0 Å². The van der Waals surface area contributed by atoms with Crippen molar-refractivity contribution in [3.63, 3.8) is 0 Å². The molecule has 3 nitrogen and oxygen atoms in total. The molecule has 146 valence electrons. The lowest BCUT2D eigenvalue weighted by Gasteiger charge is -2.04. The number of hydrogen-bond acceptors (Lipinski definition) is 5. The zero-order chi connectivity index (χ0) is 20.4. The maximum absolute atomic E-state index is 13.4. The Morgan fingerprint density at radius 2 is 1.48 bits per heavy atom. The van der Waals surface area contributed by atoms with Gasteiger partial charge < -0.3 is 0 Å². The molecule has 4 rings (SSSR count). The summed E-state index contributed by atoms with van der Waals surface area (Å²) in [4.78, 5) is 7.05.